The van der Waals surface area contributed by atoms with Crippen LogP contribution in [0.1, 0.15) is 18.6 Å². The second-order valence-corrected chi connectivity index (χ2v) is 3.04. The van der Waals surface area contributed by atoms with Crippen LogP contribution in [0.2, 0.25) is 0 Å². The summed E-state index contributed by atoms with van der Waals surface area (Å²) in [6, 6.07) is 4.69. The van der Waals surface area contributed by atoms with Crippen LogP contribution >= 0.6 is 0 Å². The molecule has 16 heavy (non-hydrogen) atoms. The fourth-order valence-electron chi connectivity index (χ4n) is 1.32. The first kappa shape index (κ1) is 12.3. The van der Waals surface area contributed by atoms with Crippen molar-refractivity contribution in [2.45, 2.75) is 13.0 Å². The molecule has 0 saturated carbocycles. The van der Waals surface area contributed by atoms with Crippen LogP contribution in [0.5, 0.6) is 5.75 Å². The van der Waals surface area contributed by atoms with Gasteiger partial charge in [-0.25, -0.2) is 4.79 Å². The minimum Gasteiger partial charge on any atom is -0.491 e. The Morgan fingerprint density at radius 1 is 1.62 bits per heavy atom. The average Bonchev–Trinajstić information content (AvgIpc) is 2.28. The van der Waals surface area contributed by atoms with E-state index in [-0.39, 0.29) is 11.3 Å². The van der Waals surface area contributed by atoms with Crippen LogP contribution in [0.3, 0.4) is 0 Å². The predicted octanol–water partition coefficient (Wildman–Crippen LogP) is 0.489. The maximum absolute atomic E-state index is 10.7. The predicted molar refractivity (Wildman–Crippen MR) is 58.0 cm³/mol. The molecule has 1 atom stereocenters. The van der Waals surface area contributed by atoms with Crippen molar-refractivity contribution < 1.29 is 19.7 Å². The number of hydrazine groups is 1. The lowest BCUT2D eigenvalue weighted by Gasteiger charge is -2.16. The molecule has 1 rings (SSSR count). The molecular weight excluding hydrogens is 212 g/mol. The fraction of sp³-hybridized carbons (Fsp3) is 0.300. The van der Waals surface area contributed by atoms with E-state index in [0.29, 0.717) is 12.3 Å². The maximum atomic E-state index is 10.7. The first-order valence-corrected chi connectivity index (χ1v) is 4.75. The van der Waals surface area contributed by atoms with Crippen LogP contribution in [-0.4, -0.2) is 22.8 Å². The summed E-state index contributed by atoms with van der Waals surface area (Å²) < 4.78 is 5.26. The highest BCUT2D eigenvalue weighted by molar-refractivity contribution is 5.77. The summed E-state index contributed by atoms with van der Waals surface area (Å²) in [5.41, 5.74) is 2.99. The zero-order valence-electron chi connectivity index (χ0n) is 8.80. The molecule has 0 radical (unpaired) electrons. The minimum atomic E-state index is -1.63. The Hall–Kier alpha value is -1.79. The lowest BCUT2D eigenvalue weighted by atomic mass is 10.1. The lowest BCUT2D eigenvalue weighted by molar-refractivity contribution is -0.147. The smallest absolute Gasteiger partial charge is 0.337 e. The molecular formula is C10H14N2O4. The van der Waals surface area contributed by atoms with Crippen LogP contribution in [0.25, 0.3) is 0 Å². The minimum absolute atomic E-state index is 0.171. The van der Waals surface area contributed by atoms with E-state index < -0.39 is 12.1 Å². The Balaban J connectivity index is 3.20. The van der Waals surface area contributed by atoms with Crippen LogP contribution in [0.15, 0.2) is 18.2 Å². The molecule has 0 aliphatic heterocycles. The van der Waals surface area contributed by atoms with E-state index in [9.17, 15) is 9.90 Å². The first-order chi connectivity index (χ1) is 7.61. The van der Waals surface area contributed by atoms with Crippen molar-refractivity contribution in [1.82, 2.24) is 0 Å². The van der Waals surface area contributed by atoms with E-state index in [4.69, 9.17) is 15.7 Å². The van der Waals surface area contributed by atoms with Crippen molar-refractivity contribution in [2.75, 3.05) is 12.0 Å². The number of para-hydroxylation sites is 1. The van der Waals surface area contributed by atoms with Crippen LogP contribution in [0.4, 0.5) is 5.69 Å². The number of anilines is 1. The third-order valence-corrected chi connectivity index (χ3v) is 2.02. The van der Waals surface area contributed by atoms with Gasteiger partial charge >= 0.3 is 5.97 Å². The molecule has 5 N–H and O–H groups in total. The Bertz CT molecular complexity index is 381. The highest BCUT2D eigenvalue weighted by Crippen LogP contribution is 2.32. The summed E-state index contributed by atoms with van der Waals surface area (Å²) in [4.78, 5) is 10.7. The van der Waals surface area contributed by atoms with E-state index >= 15 is 0 Å². The number of carboxylic acid groups (broad SMARTS) is 1. The number of carbonyl (C=O) groups is 1. The average molecular weight is 226 g/mol. The zero-order chi connectivity index (χ0) is 12.1. The molecule has 0 spiro atoms. The van der Waals surface area contributed by atoms with Crippen LogP contribution in [-0.2, 0) is 4.79 Å². The summed E-state index contributed by atoms with van der Waals surface area (Å²) in [5.74, 6) is 4.18. The van der Waals surface area contributed by atoms with Gasteiger partial charge in [0, 0.05) is 5.56 Å². The van der Waals surface area contributed by atoms with E-state index in [1.807, 2.05) is 0 Å². The van der Waals surface area contributed by atoms with Crippen molar-refractivity contribution in [3.8, 4) is 5.75 Å². The number of nitrogens with one attached hydrogen (secondary N) is 1. The highest BCUT2D eigenvalue weighted by atomic mass is 16.5. The van der Waals surface area contributed by atoms with E-state index in [1.54, 1.807) is 19.1 Å². The Kier molecular flexibility index (Phi) is 4.10. The van der Waals surface area contributed by atoms with E-state index in [2.05, 4.69) is 5.43 Å². The number of carboxylic acids is 1. The summed E-state index contributed by atoms with van der Waals surface area (Å²) >= 11 is 0. The van der Waals surface area contributed by atoms with Crippen molar-refractivity contribution in [3.63, 3.8) is 0 Å². The molecule has 6 heteroatoms. The van der Waals surface area contributed by atoms with E-state index in [1.165, 1.54) is 6.07 Å². The highest BCUT2D eigenvalue weighted by Gasteiger charge is 2.22. The van der Waals surface area contributed by atoms with Gasteiger partial charge in [-0.2, -0.15) is 0 Å². The standard InChI is InChI=1S/C10H14N2O4/c1-2-16-9-6(8(13)10(14)15)4-3-5-7(9)12-11/h3-5,8,12-13H,2,11H2,1H3,(H,14,15). The third-order valence-electron chi connectivity index (χ3n) is 2.02. The molecule has 0 aliphatic rings. The molecule has 0 amide bonds. The molecule has 0 aliphatic carbocycles. The van der Waals surface area contributed by atoms with Gasteiger partial charge in [0.2, 0.25) is 0 Å². The molecule has 0 fully saturated rings. The van der Waals surface area contributed by atoms with Crippen LogP contribution < -0.4 is 16.0 Å². The second-order valence-electron chi connectivity index (χ2n) is 3.04. The Morgan fingerprint density at radius 3 is 2.81 bits per heavy atom. The maximum Gasteiger partial charge on any atom is 0.337 e. The van der Waals surface area contributed by atoms with Crippen molar-refractivity contribution in [2.24, 2.45) is 5.84 Å². The van der Waals surface area contributed by atoms with Gasteiger partial charge in [-0.3, -0.25) is 5.84 Å². The molecule has 0 aromatic heterocycles. The number of aliphatic carboxylic acids is 1. The number of nitrogens with two attached hydrogens (primary N) is 1. The summed E-state index contributed by atoms with van der Waals surface area (Å²) in [7, 11) is 0. The lowest BCUT2D eigenvalue weighted by Crippen LogP contribution is -2.15. The molecule has 0 bridgehead atoms. The SMILES string of the molecule is CCOc1c(NN)cccc1C(O)C(=O)O. The molecule has 0 saturated heterocycles. The fourth-order valence-corrected chi connectivity index (χ4v) is 1.32. The van der Waals surface area contributed by atoms with Gasteiger partial charge in [0.05, 0.1) is 12.3 Å². The van der Waals surface area contributed by atoms with E-state index in [0.717, 1.165) is 0 Å². The van der Waals surface area contributed by atoms with Crippen molar-refractivity contribution in [1.29, 1.82) is 0 Å². The monoisotopic (exact) mass is 226 g/mol. The first-order valence-electron chi connectivity index (χ1n) is 4.75. The number of ether oxygens (including phenoxy) is 1. The van der Waals surface area contributed by atoms with Crippen LogP contribution in [0, 0.1) is 0 Å². The molecule has 1 aromatic rings. The normalized spacial score (nSPS) is 11.9. The molecule has 6 nitrogen and oxygen atoms in total. The number of nitrogen functional groups attached to an aromatic ring is 1. The summed E-state index contributed by atoms with van der Waals surface area (Å²) in [6.07, 6.45) is -1.63. The Morgan fingerprint density at radius 2 is 2.31 bits per heavy atom. The van der Waals surface area contributed by atoms with Gasteiger partial charge in [-0.05, 0) is 13.0 Å². The third kappa shape index (κ3) is 2.41. The topological polar surface area (TPSA) is 105 Å². The Labute approximate surface area is 92.6 Å². The number of hydrogen-bond donors (Lipinski definition) is 4. The number of hydrogen-bond acceptors (Lipinski definition) is 5. The second kappa shape index (κ2) is 5.34. The molecule has 1 unspecified atom stereocenters. The van der Waals surface area contributed by atoms with Gasteiger partial charge in [0.1, 0.15) is 5.75 Å². The van der Waals surface area contributed by atoms with Crippen molar-refractivity contribution >= 4 is 11.7 Å². The zero-order valence-corrected chi connectivity index (χ0v) is 8.80. The largest absolute Gasteiger partial charge is 0.491 e. The molecule has 1 aromatic carbocycles. The summed E-state index contributed by atoms with van der Waals surface area (Å²) in [5, 5.41) is 18.2. The number of rotatable bonds is 5. The molecule has 0 heterocycles. The van der Waals surface area contributed by atoms with Gasteiger partial charge in [-0.1, -0.05) is 12.1 Å². The van der Waals surface area contributed by atoms with Gasteiger partial charge < -0.3 is 20.4 Å². The van der Waals surface area contributed by atoms with Gasteiger partial charge in [0.25, 0.3) is 0 Å². The number of aliphatic hydroxyl groups is 1. The van der Waals surface area contributed by atoms with Gasteiger partial charge in [0.15, 0.2) is 6.10 Å². The summed E-state index contributed by atoms with van der Waals surface area (Å²) in [6.45, 7) is 2.10. The van der Waals surface area contributed by atoms with Gasteiger partial charge in [-0.15, -0.1) is 0 Å². The quantitative estimate of drug-likeness (QED) is 0.430. The van der Waals surface area contributed by atoms with Crippen molar-refractivity contribution in [3.05, 3.63) is 23.8 Å². The number of benzene rings is 1. The molecule has 88 valence electrons. The number of aliphatic hydroxyl groups excluding tert-OH is 1.